The fourth-order valence-electron chi connectivity index (χ4n) is 5.56. The smallest absolute Gasteiger partial charge is 0.343 e. The van der Waals surface area contributed by atoms with Gasteiger partial charge in [0, 0.05) is 57.5 Å². The van der Waals surface area contributed by atoms with E-state index in [1.807, 2.05) is 0 Å². The average molecular weight is 638 g/mol. The molecule has 0 aliphatic carbocycles. The van der Waals surface area contributed by atoms with Crippen molar-refractivity contribution in [1.29, 1.82) is 0 Å². The van der Waals surface area contributed by atoms with E-state index in [2.05, 4.69) is 0 Å². The van der Waals surface area contributed by atoms with Gasteiger partial charge >= 0.3 is 12.4 Å². The second-order valence-corrected chi connectivity index (χ2v) is 11.4. The minimum atomic E-state index is -5.12. The molecule has 2 aromatic carbocycles. The van der Waals surface area contributed by atoms with Gasteiger partial charge in [-0.2, -0.15) is 26.3 Å². The van der Waals surface area contributed by atoms with Gasteiger partial charge in [0.1, 0.15) is 0 Å². The molecule has 2 aliphatic heterocycles. The van der Waals surface area contributed by atoms with Crippen molar-refractivity contribution in [3.05, 3.63) is 68.7 Å². The van der Waals surface area contributed by atoms with Crippen LogP contribution in [0, 0.1) is 5.92 Å². The Labute approximate surface area is 248 Å². The summed E-state index contributed by atoms with van der Waals surface area (Å²) in [5.74, 6) is -2.31. The molecule has 0 N–H and O–H groups in total. The number of hydrogen-bond donors (Lipinski definition) is 0. The van der Waals surface area contributed by atoms with Crippen molar-refractivity contribution in [2.24, 2.45) is 5.92 Å². The normalized spacial score (nSPS) is 20.1. The Bertz CT molecular complexity index is 1340. The Morgan fingerprint density at radius 2 is 1.40 bits per heavy atom. The molecule has 2 aliphatic rings. The summed E-state index contributed by atoms with van der Waals surface area (Å²) in [7, 11) is 1.28. The fraction of sp³-hybridized carbons (Fsp3) is 0.464. The van der Waals surface area contributed by atoms with Gasteiger partial charge < -0.3 is 14.7 Å². The zero-order valence-electron chi connectivity index (χ0n) is 22.5. The molecule has 4 rings (SSSR count). The van der Waals surface area contributed by atoms with Crippen LogP contribution in [0.25, 0.3) is 0 Å². The SMILES string of the molecule is CC(=O)N1CCC(C(=O)N2C[C@@H](N(C)C(=O)c3cc(C(F)(F)F)cc(C(F)(F)F)c3)[C@H](c3ccc(Cl)c(Cl)c3)C2)CC1. The van der Waals surface area contributed by atoms with Crippen molar-refractivity contribution in [3.63, 3.8) is 0 Å². The van der Waals surface area contributed by atoms with Gasteiger partial charge in [-0.3, -0.25) is 14.4 Å². The third-order valence-electron chi connectivity index (χ3n) is 7.91. The highest BCUT2D eigenvalue weighted by atomic mass is 35.5. The minimum absolute atomic E-state index is 0.00992. The molecule has 0 bridgehead atoms. The van der Waals surface area contributed by atoms with E-state index in [9.17, 15) is 40.7 Å². The maximum absolute atomic E-state index is 13.5. The second-order valence-electron chi connectivity index (χ2n) is 10.6. The number of carbonyl (C=O) groups is 3. The number of amides is 3. The molecule has 0 saturated carbocycles. The lowest BCUT2D eigenvalue weighted by atomic mass is 9.92. The summed E-state index contributed by atoms with van der Waals surface area (Å²) >= 11 is 12.3. The van der Waals surface area contributed by atoms with Gasteiger partial charge in [-0.15, -0.1) is 0 Å². The van der Waals surface area contributed by atoms with Crippen molar-refractivity contribution < 1.29 is 40.7 Å². The summed E-state index contributed by atoms with van der Waals surface area (Å²) < 4.78 is 80.8. The summed E-state index contributed by atoms with van der Waals surface area (Å²) in [5, 5.41) is 0.462. The number of piperidine rings is 1. The number of benzene rings is 2. The molecule has 2 aromatic rings. The lowest BCUT2D eigenvalue weighted by molar-refractivity contribution is -0.143. The highest BCUT2D eigenvalue weighted by Gasteiger charge is 2.43. The first-order valence-electron chi connectivity index (χ1n) is 13.0. The van der Waals surface area contributed by atoms with E-state index in [-0.39, 0.29) is 46.9 Å². The molecule has 2 atom stereocenters. The molecule has 2 fully saturated rings. The van der Waals surface area contributed by atoms with Crippen LogP contribution >= 0.6 is 23.2 Å². The number of rotatable bonds is 4. The maximum atomic E-state index is 13.5. The molecule has 3 amide bonds. The molecule has 6 nitrogen and oxygen atoms in total. The van der Waals surface area contributed by atoms with E-state index >= 15 is 0 Å². The summed E-state index contributed by atoms with van der Waals surface area (Å²) in [6.45, 7) is 2.39. The standard InChI is InChI=1S/C28H27Cl2F6N3O3/c1-15(40)38-7-5-16(6-8-38)26(42)39-13-21(17-3-4-22(29)23(30)11-17)24(14-39)37(2)25(41)18-9-19(27(31,32)33)12-20(10-18)28(34,35)36/h3-4,9-12,16,21,24H,5-8,13-14H2,1-2H3/t21-,24+/m0/s1. The molecule has 0 unspecified atom stereocenters. The third-order valence-corrected chi connectivity index (χ3v) is 8.65. The maximum Gasteiger partial charge on any atom is 0.416 e. The quantitative estimate of drug-likeness (QED) is 0.367. The van der Waals surface area contributed by atoms with Crippen LogP contribution in [-0.4, -0.2) is 71.7 Å². The zero-order valence-corrected chi connectivity index (χ0v) is 24.0. The lowest BCUT2D eigenvalue weighted by Gasteiger charge is -2.33. The Kier molecular flexibility index (Phi) is 9.09. The lowest BCUT2D eigenvalue weighted by Crippen LogP contribution is -2.45. The summed E-state index contributed by atoms with van der Waals surface area (Å²) in [6.07, 6.45) is -9.36. The summed E-state index contributed by atoms with van der Waals surface area (Å²) in [6, 6.07) is 4.68. The molecule has 0 aromatic heterocycles. The van der Waals surface area contributed by atoms with E-state index in [4.69, 9.17) is 23.2 Å². The number of nitrogens with zero attached hydrogens (tertiary/aromatic N) is 3. The van der Waals surface area contributed by atoms with E-state index in [1.54, 1.807) is 21.9 Å². The molecule has 2 heterocycles. The van der Waals surface area contributed by atoms with Crippen LogP contribution in [0.5, 0.6) is 0 Å². The fourth-order valence-corrected chi connectivity index (χ4v) is 5.87. The van der Waals surface area contributed by atoms with Crippen LogP contribution in [0.3, 0.4) is 0 Å². The van der Waals surface area contributed by atoms with Crippen LogP contribution in [0.2, 0.25) is 10.0 Å². The van der Waals surface area contributed by atoms with Crippen LogP contribution in [0.1, 0.15) is 52.7 Å². The number of likely N-dealkylation sites (tertiary alicyclic amines) is 2. The van der Waals surface area contributed by atoms with Crippen LogP contribution in [-0.2, 0) is 21.9 Å². The number of hydrogen-bond acceptors (Lipinski definition) is 3. The van der Waals surface area contributed by atoms with Gasteiger partial charge in [0.15, 0.2) is 0 Å². The highest BCUT2D eigenvalue weighted by molar-refractivity contribution is 6.42. The molecule has 2 saturated heterocycles. The molecule has 228 valence electrons. The van der Waals surface area contributed by atoms with Crippen LogP contribution in [0.4, 0.5) is 26.3 Å². The van der Waals surface area contributed by atoms with Gasteiger partial charge in [0.05, 0.1) is 27.2 Å². The van der Waals surface area contributed by atoms with Gasteiger partial charge in [0.2, 0.25) is 11.8 Å². The second kappa shape index (κ2) is 11.9. The van der Waals surface area contributed by atoms with Gasteiger partial charge in [-0.05, 0) is 48.7 Å². The van der Waals surface area contributed by atoms with Crippen molar-refractivity contribution in [2.45, 2.75) is 44.1 Å². The first-order chi connectivity index (χ1) is 19.5. The van der Waals surface area contributed by atoms with E-state index in [1.165, 1.54) is 20.0 Å². The first kappa shape index (κ1) is 31.9. The Balaban J connectivity index is 1.66. The molecule has 0 radical (unpaired) electrons. The number of alkyl halides is 6. The molecule has 0 spiro atoms. The van der Waals surface area contributed by atoms with E-state index in [0.717, 1.165) is 4.90 Å². The van der Waals surface area contributed by atoms with Crippen LogP contribution < -0.4 is 0 Å². The predicted octanol–water partition coefficient (Wildman–Crippen LogP) is 6.36. The third kappa shape index (κ3) is 6.80. The molecular formula is C28H27Cl2F6N3O3. The molecule has 42 heavy (non-hydrogen) atoms. The average Bonchev–Trinajstić information content (AvgIpc) is 3.37. The van der Waals surface area contributed by atoms with E-state index < -0.39 is 46.9 Å². The number of carbonyl (C=O) groups excluding carboxylic acids is 3. The van der Waals surface area contributed by atoms with E-state index in [0.29, 0.717) is 43.6 Å². The Hall–Kier alpha value is -2.99. The number of likely N-dealkylation sites (N-methyl/N-ethyl adjacent to an activating group) is 1. The molecular weight excluding hydrogens is 611 g/mol. The Morgan fingerprint density at radius 1 is 0.833 bits per heavy atom. The number of halogens is 8. The Morgan fingerprint density at radius 3 is 1.90 bits per heavy atom. The van der Waals surface area contributed by atoms with Crippen LogP contribution in [0.15, 0.2) is 36.4 Å². The predicted molar refractivity (Wildman–Crippen MR) is 143 cm³/mol. The first-order valence-corrected chi connectivity index (χ1v) is 13.8. The van der Waals surface area contributed by atoms with Crippen molar-refractivity contribution in [1.82, 2.24) is 14.7 Å². The van der Waals surface area contributed by atoms with Gasteiger partial charge in [-0.1, -0.05) is 29.3 Å². The highest BCUT2D eigenvalue weighted by Crippen LogP contribution is 2.39. The molecule has 14 heteroatoms. The minimum Gasteiger partial charge on any atom is -0.343 e. The van der Waals surface area contributed by atoms with Crippen molar-refractivity contribution >= 4 is 40.9 Å². The zero-order chi connectivity index (χ0) is 31.1. The van der Waals surface area contributed by atoms with Crippen molar-refractivity contribution in [2.75, 3.05) is 33.2 Å². The summed E-state index contributed by atoms with van der Waals surface area (Å²) in [5.41, 5.74) is -3.39. The van der Waals surface area contributed by atoms with Gasteiger partial charge in [-0.25, -0.2) is 0 Å². The topological polar surface area (TPSA) is 60.9 Å². The monoisotopic (exact) mass is 637 g/mol. The summed E-state index contributed by atoms with van der Waals surface area (Å²) in [4.78, 5) is 42.9. The van der Waals surface area contributed by atoms with Crippen molar-refractivity contribution in [3.8, 4) is 0 Å². The largest absolute Gasteiger partial charge is 0.416 e. The van der Waals surface area contributed by atoms with Gasteiger partial charge in [0.25, 0.3) is 5.91 Å².